The molecule has 2 rings (SSSR count). The second-order valence-corrected chi connectivity index (χ2v) is 6.94. The molecule has 3 unspecified atom stereocenters. The molecule has 0 bridgehead atoms. The maximum absolute atomic E-state index is 5.94. The van der Waals surface area contributed by atoms with Gasteiger partial charge in [0.15, 0.2) is 0 Å². The van der Waals surface area contributed by atoms with Crippen molar-refractivity contribution in [2.24, 2.45) is 5.73 Å². The second-order valence-electron chi connectivity index (χ2n) is 4.65. The highest BCUT2D eigenvalue weighted by Gasteiger charge is 2.28. The lowest BCUT2D eigenvalue weighted by Crippen LogP contribution is -2.48. The molecule has 0 aliphatic carbocycles. The van der Waals surface area contributed by atoms with Crippen molar-refractivity contribution in [3.8, 4) is 0 Å². The highest BCUT2D eigenvalue weighted by atomic mass is 79.9. The van der Waals surface area contributed by atoms with Crippen molar-refractivity contribution in [2.45, 2.75) is 32.1 Å². The predicted molar refractivity (Wildman–Crippen MR) is 75.4 cm³/mol. The van der Waals surface area contributed by atoms with E-state index in [1.807, 2.05) is 0 Å². The maximum Gasteiger partial charge on any atom is 0.0701 e. The minimum atomic E-state index is 0.287. The lowest BCUT2D eigenvalue weighted by Gasteiger charge is -2.39. The third-order valence-corrected chi connectivity index (χ3v) is 4.61. The molecule has 0 aromatic carbocycles. The summed E-state index contributed by atoms with van der Waals surface area (Å²) in [6, 6.07) is 2.49. The molecule has 0 saturated carbocycles. The third kappa shape index (κ3) is 3.29. The minimum Gasteiger partial charge on any atom is -0.373 e. The zero-order valence-corrected chi connectivity index (χ0v) is 12.6. The first-order chi connectivity index (χ1) is 8.10. The number of thiophene rings is 1. The van der Waals surface area contributed by atoms with Gasteiger partial charge in [-0.1, -0.05) is 0 Å². The number of rotatable bonds is 3. The number of hydrogen-bond donors (Lipinski definition) is 1. The van der Waals surface area contributed by atoms with Gasteiger partial charge in [0.05, 0.1) is 16.0 Å². The average Bonchev–Trinajstić information content (AvgIpc) is 2.64. The number of ether oxygens (including phenoxy) is 1. The number of hydrogen-bond acceptors (Lipinski definition) is 4. The van der Waals surface area contributed by atoms with E-state index >= 15 is 0 Å². The maximum atomic E-state index is 5.94. The summed E-state index contributed by atoms with van der Waals surface area (Å²) in [5.41, 5.74) is 7.25. The predicted octanol–water partition coefficient (Wildman–Crippen LogP) is 2.62. The summed E-state index contributed by atoms with van der Waals surface area (Å²) in [5, 5.41) is 2.19. The molecule has 3 nitrogen and oxygen atoms in total. The Morgan fingerprint density at radius 3 is 2.65 bits per heavy atom. The first kappa shape index (κ1) is 13.5. The van der Waals surface area contributed by atoms with Crippen LogP contribution in [-0.4, -0.2) is 36.7 Å². The van der Waals surface area contributed by atoms with Gasteiger partial charge in [-0.05, 0) is 46.8 Å². The van der Waals surface area contributed by atoms with Crippen molar-refractivity contribution >= 4 is 27.3 Å². The summed E-state index contributed by atoms with van der Waals surface area (Å²) in [6.07, 6.45) is 0.574. The van der Waals surface area contributed by atoms with E-state index in [1.54, 1.807) is 11.3 Å². The molecule has 5 heteroatoms. The van der Waals surface area contributed by atoms with E-state index in [0.717, 1.165) is 13.1 Å². The van der Waals surface area contributed by atoms with Crippen LogP contribution in [0.5, 0.6) is 0 Å². The topological polar surface area (TPSA) is 38.5 Å². The molecule has 1 aromatic heterocycles. The quantitative estimate of drug-likeness (QED) is 0.931. The average molecular weight is 319 g/mol. The Morgan fingerprint density at radius 1 is 1.53 bits per heavy atom. The van der Waals surface area contributed by atoms with Gasteiger partial charge in [0.2, 0.25) is 0 Å². The second kappa shape index (κ2) is 5.80. The smallest absolute Gasteiger partial charge is 0.0701 e. The third-order valence-electron chi connectivity index (χ3n) is 3.08. The van der Waals surface area contributed by atoms with Gasteiger partial charge in [-0.3, -0.25) is 4.90 Å². The van der Waals surface area contributed by atoms with Gasteiger partial charge in [0.25, 0.3) is 0 Å². The summed E-state index contributed by atoms with van der Waals surface area (Å²) >= 11 is 5.23. The molecule has 1 fully saturated rings. The molecular formula is C12H19BrN2OS. The van der Waals surface area contributed by atoms with E-state index in [9.17, 15) is 0 Å². The van der Waals surface area contributed by atoms with Gasteiger partial charge in [0, 0.05) is 25.7 Å². The van der Waals surface area contributed by atoms with Crippen molar-refractivity contribution in [2.75, 3.05) is 19.6 Å². The van der Waals surface area contributed by atoms with E-state index in [2.05, 4.69) is 46.1 Å². The lowest BCUT2D eigenvalue weighted by molar-refractivity contribution is -0.0798. The molecule has 3 atom stereocenters. The molecule has 1 aromatic rings. The molecule has 96 valence electrons. The minimum absolute atomic E-state index is 0.287. The Bertz CT molecular complexity index is 361. The van der Waals surface area contributed by atoms with E-state index in [4.69, 9.17) is 10.5 Å². The summed E-state index contributed by atoms with van der Waals surface area (Å²) in [6.45, 7) is 6.82. The molecular weight excluding hydrogens is 300 g/mol. The van der Waals surface area contributed by atoms with Gasteiger partial charge in [-0.25, -0.2) is 0 Å². The van der Waals surface area contributed by atoms with Crippen molar-refractivity contribution in [1.82, 2.24) is 4.90 Å². The van der Waals surface area contributed by atoms with Gasteiger partial charge in [-0.2, -0.15) is 0 Å². The lowest BCUT2D eigenvalue weighted by atomic mass is 10.1. The molecule has 17 heavy (non-hydrogen) atoms. The summed E-state index contributed by atoms with van der Waals surface area (Å²) < 4.78 is 6.93. The van der Waals surface area contributed by atoms with Crippen LogP contribution < -0.4 is 5.73 Å². The Hall–Kier alpha value is 0.0600. The fraction of sp³-hybridized carbons (Fsp3) is 0.667. The number of nitrogens with two attached hydrogens (primary N) is 1. The first-order valence-electron chi connectivity index (χ1n) is 5.93. The Balaban J connectivity index is 2.12. The largest absolute Gasteiger partial charge is 0.373 e. The zero-order chi connectivity index (χ0) is 12.4. The van der Waals surface area contributed by atoms with Crippen LogP contribution in [0, 0.1) is 0 Å². The molecule has 0 radical (unpaired) electrons. The van der Waals surface area contributed by atoms with Crippen LogP contribution in [0.1, 0.15) is 25.5 Å². The normalized spacial score (nSPS) is 28.2. The van der Waals surface area contributed by atoms with Crippen LogP contribution in [0.4, 0.5) is 0 Å². The molecule has 1 aliphatic rings. The van der Waals surface area contributed by atoms with Gasteiger partial charge < -0.3 is 10.5 Å². The number of morpholine rings is 1. The van der Waals surface area contributed by atoms with Crippen molar-refractivity contribution in [3.63, 3.8) is 0 Å². The van der Waals surface area contributed by atoms with Crippen molar-refractivity contribution in [1.29, 1.82) is 0 Å². The van der Waals surface area contributed by atoms with Crippen molar-refractivity contribution in [3.05, 3.63) is 20.8 Å². The van der Waals surface area contributed by atoms with E-state index in [0.29, 0.717) is 12.6 Å². The SMILES string of the molecule is CC1CN(C(CN)c2csc(Br)c2)CC(C)O1. The number of nitrogens with zero attached hydrogens (tertiary/aromatic N) is 1. The van der Waals surface area contributed by atoms with Crippen molar-refractivity contribution < 1.29 is 4.74 Å². The molecule has 2 N–H and O–H groups in total. The number of halogens is 1. The van der Waals surface area contributed by atoms with Crippen LogP contribution in [0.15, 0.2) is 15.2 Å². The zero-order valence-electron chi connectivity index (χ0n) is 10.2. The Labute approximate surface area is 115 Å². The molecule has 0 amide bonds. The van der Waals surface area contributed by atoms with E-state index < -0.39 is 0 Å². The first-order valence-corrected chi connectivity index (χ1v) is 7.61. The molecule has 0 spiro atoms. The summed E-state index contributed by atoms with van der Waals surface area (Å²) in [4.78, 5) is 2.44. The molecule has 1 saturated heterocycles. The highest BCUT2D eigenvalue weighted by molar-refractivity contribution is 9.11. The standard InChI is InChI=1S/C12H19BrN2OS/c1-8-5-15(6-9(2)16-8)11(4-14)10-3-12(13)17-7-10/h3,7-9,11H,4-6,14H2,1-2H3. The van der Waals surface area contributed by atoms with E-state index in [-0.39, 0.29) is 12.2 Å². The van der Waals surface area contributed by atoms with Gasteiger partial charge >= 0.3 is 0 Å². The fourth-order valence-corrected chi connectivity index (χ4v) is 3.69. The van der Waals surface area contributed by atoms with Crippen LogP contribution in [0.2, 0.25) is 0 Å². The van der Waals surface area contributed by atoms with Crippen LogP contribution in [0.25, 0.3) is 0 Å². The fourth-order valence-electron chi connectivity index (χ4n) is 2.47. The van der Waals surface area contributed by atoms with Gasteiger partial charge in [-0.15, -0.1) is 11.3 Å². The van der Waals surface area contributed by atoms with E-state index in [1.165, 1.54) is 9.35 Å². The molecule has 1 aliphatic heterocycles. The summed E-state index contributed by atoms with van der Waals surface area (Å²) in [5.74, 6) is 0. The Morgan fingerprint density at radius 2 is 2.18 bits per heavy atom. The van der Waals surface area contributed by atoms with Crippen LogP contribution in [-0.2, 0) is 4.74 Å². The highest BCUT2D eigenvalue weighted by Crippen LogP contribution is 2.30. The summed E-state index contributed by atoms with van der Waals surface area (Å²) in [7, 11) is 0. The van der Waals surface area contributed by atoms with Crippen LogP contribution >= 0.6 is 27.3 Å². The molecule has 2 heterocycles. The Kier molecular flexibility index (Phi) is 4.60. The van der Waals surface area contributed by atoms with Gasteiger partial charge in [0.1, 0.15) is 0 Å². The van der Waals surface area contributed by atoms with Crippen LogP contribution in [0.3, 0.4) is 0 Å². The monoisotopic (exact) mass is 318 g/mol.